The second-order valence-electron chi connectivity index (χ2n) is 2.22. The minimum atomic E-state index is 1.01. The van der Waals surface area contributed by atoms with Gasteiger partial charge in [0.2, 0.25) is 0 Å². The molecule has 0 fully saturated rings. The van der Waals surface area contributed by atoms with E-state index in [2.05, 4.69) is 11.9 Å². The summed E-state index contributed by atoms with van der Waals surface area (Å²) in [5, 5.41) is 0. The third-order valence-electron chi connectivity index (χ3n) is 1.54. The van der Waals surface area contributed by atoms with E-state index in [4.69, 9.17) is 0 Å². The molecular weight excluding hydrogens is 124 g/mol. The molecule has 0 aliphatic rings. The van der Waals surface area contributed by atoms with Crippen molar-refractivity contribution in [1.29, 1.82) is 0 Å². The van der Waals surface area contributed by atoms with E-state index >= 15 is 0 Å². The number of imidazole rings is 1. The van der Waals surface area contributed by atoms with Crippen molar-refractivity contribution in [3.8, 4) is 0 Å². The van der Waals surface area contributed by atoms with Crippen molar-refractivity contribution in [1.82, 2.24) is 9.38 Å². The molecule has 0 atom stereocenters. The molecule has 10 heavy (non-hydrogen) atoms. The number of hydrogen-bond acceptors (Lipinski definition) is 1. The lowest BCUT2D eigenvalue weighted by molar-refractivity contribution is 1.15. The fraction of sp³-hybridized carbons (Fsp3) is 0. The van der Waals surface area contributed by atoms with Crippen molar-refractivity contribution in [2.24, 2.45) is 0 Å². The van der Waals surface area contributed by atoms with Gasteiger partial charge in [-0.25, -0.2) is 4.98 Å². The molecule has 0 aliphatic carbocycles. The van der Waals surface area contributed by atoms with Gasteiger partial charge in [-0.05, 0) is 18.6 Å². The first kappa shape index (κ1) is 5.47. The summed E-state index contributed by atoms with van der Waals surface area (Å²) in [5.41, 5.74) is 2.09. The van der Waals surface area contributed by atoms with Crippen LogP contribution >= 0.6 is 0 Å². The van der Waals surface area contributed by atoms with Crippen LogP contribution in [0.15, 0.2) is 30.9 Å². The molecule has 0 aromatic carbocycles. The molecule has 0 spiro atoms. The first-order valence-electron chi connectivity index (χ1n) is 3.10. The maximum atomic E-state index is 3.99. The van der Waals surface area contributed by atoms with Crippen molar-refractivity contribution < 1.29 is 0 Å². The molecule has 1 radical (unpaired) electrons. The summed E-state index contributed by atoms with van der Waals surface area (Å²) < 4.78 is 1.95. The number of aromatic nitrogens is 2. The highest BCUT2D eigenvalue weighted by atomic mass is 15.0. The SMILES string of the molecule is [CH2]c1cccn2cncc12. The Bertz CT molecular complexity index is 349. The second kappa shape index (κ2) is 1.84. The molecule has 2 rings (SSSR count). The average Bonchev–Trinajstić information content (AvgIpc) is 2.36. The molecule has 0 bridgehead atoms. The Morgan fingerprint density at radius 3 is 3.20 bits per heavy atom. The molecule has 49 valence electrons. The van der Waals surface area contributed by atoms with Crippen LogP contribution in [0.4, 0.5) is 0 Å². The van der Waals surface area contributed by atoms with E-state index in [9.17, 15) is 0 Å². The van der Waals surface area contributed by atoms with Gasteiger partial charge in [0.25, 0.3) is 0 Å². The summed E-state index contributed by atoms with van der Waals surface area (Å²) in [6, 6.07) is 3.92. The summed E-state index contributed by atoms with van der Waals surface area (Å²) in [6.45, 7) is 3.86. The van der Waals surface area contributed by atoms with Gasteiger partial charge in [0.15, 0.2) is 0 Å². The zero-order valence-corrected chi connectivity index (χ0v) is 5.49. The fourth-order valence-corrected chi connectivity index (χ4v) is 1.01. The molecule has 0 saturated carbocycles. The van der Waals surface area contributed by atoms with Gasteiger partial charge in [-0.15, -0.1) is 0 Å². The van der Waals surface area contributed by atoms with Crippen LogP contribution in [0.2, 0.25) is 0 Å². The van der Waals surface area contributed by atoms with Gasteiger partial charge in [-0.3, -0.25) is 0 Å². The Balaban J connectivity index is 2.95. The maximum Gasteiger partial charge on any atom is 0.0992 e. The van der Waals surface area contributed by atoms with E-state index < -0.39 is 0 Å². The summed E-state index contributed by atoms with van der Waals surface area (Å²) >= 11 is 0. The molecule has 2 aromatic rings. The van der Waals surface area contributed by atoms with Crippen LogP contribution in [-0.2, 0) is 0 Å². The highest BCUT2D eigenvalue weighted by Crippen LogP contribution is 2.06. The topological polar surface area (TPSA) is 17.3 Å². The van der Waals surface area contributed by atoms with Crippen LogP contribution in [0.25, 0.3) is 5.52 Å². The van der Waals surface area contributed by atoms with Gasteiger partial charge >= 0.3 is 0 Å². The third kappa shape index (κ3) is 0.620. The van der Waals surface area contributed by atoms with Crippen LogP contribution in [0.5, 0.6) is 0 Å². The molecule has 2 heteroatoms. The highest BCUT2D eigenvalue weighted by molar-refractivity contribution is 5.54. The smallest absolute Gasteiger partial charge is 0.0992 e. The molecule has 2 nitrogen and oxygen atoms in total. The van der Waals surface area contributed by atoms with E-state index in [1.807, 2.05) is 28.9 Å². The predicted molar refractivity (Wildman–Crippen MR) is 39.7 cm³/mol. The predicted octanol–water partition coefficient (Wildman–Crippen LogP) is 1.52. The van der Waals surface area contributed by atoms with E-state index in [1.165, 1.54) is 0 Å². The van der Waals surface area contributed by atoms with Crippen molar-refractivity contribution in [2.45, 2.75) is 0 Å². The maximum absolute atomic E-state index is 3.99. The molecule has 0 saturated heterocycles. The standard InChI is InChI=1S/C8H7N2/c1-7-3-2-4-10-6-9-5-8(7)10/h2-6H,1H2. The Morgan fingerprint density at radius 2 is 2.40 bits per heavy atom. The number of pyridine rings is 1. The van der Waals surface area contributed by atoms with Gasteiger partial charge in [-0.2, -0.15) is 0 Å². The summed E-state index contributed by atoms with van der Waals surface area (Å²) in [4.78, 5) is 3.99. The minimum absolute atomic E-state index is 1.01. The highest BCUT2D eigenvalue weighted by Gasteiger charge is 1.92. The van der Waals surface area contributed by atoms with E-state index in [1.54, 1.807) is 6.33 Å². The number of nitrogens with zero attached hydrogens (tertiary/aromatic N) is 2. The summed E-state index contributed by atoms with van der Waals surface area (Å²) in [5.74, 6) is 0. The second-order valence-corrected chi connectivity index (χ2v) is 2.22. The van der Waals surface area contributed by atoms with Crippen molar-refractivity contribution in [3.63, 3.8) is 0 Å². The van der Waals surface area contributed by atoms with Crippen LogP contribution in [0.3, 0.4) is 0 Å². The normalized spacial score (nSPS) is 10.5. The fourth-order valence-electron chi connectivity index (χ4n) is 1.01. The molecule has 2 aromatic heterocycles. The molecular formula is C8H7N2. The van der Waals surface area contributed by atoms with Crippen LogP contribution in [0, 0.1) is 6.92 Å². The van der Waals surface area contributed by atoms with Gasteiger partial charge in [0.1, 0.15) is 0 Å². The Kier molecular flexibility index (Phi) is 1.01. The van der Waals surface area contributed by atoms with Crippen molar-refractivity contribution >= 4 is 5.52 Å². The number of fused-ring (bicyclic) bond motifs is 1. The summed E-state index contributed by atoms with van der Waals surface area (Å²) in [6.07, 6.45) is 5.53. The lowest BCUT2D eigenvalue weighted by Crippen LogP contribution is -1.81. The Morgan fingerprint density at radius 1 is 1.50 bits per heavy atom. The van der Waals surface area contributed by atoms with Crippen LogP contribution in [-0.4, -0.2) is 9.38 Å². The van der Waals surface area contributed by atoms with Crippen molar-refractivity contribution in [3.05, 3.63) is 43.3 Å². The number of hydrogen-bond donors (Lipinski definition) is 0. The quantitative estimate of drug-likeness (QED) is 0.529. The van der Waals surface area contributed by atoms with Gasteiger partial charge in [0, 0.05) is 6.20 Å². The lowest BCUT2D eigenvalue weighted by Gasteiger charge is -1.94. The molecule has 0 unspecified atom stereocenters. The first-order valence-corrected chi connectivity index (χ1v) is 3.10. The summed E-state index contributed by atoms with van der Waals surface area (Å²) in [7, 11) is 0. The molecule has 2 heterocycles. The van der Waals surface area contributed by atoms with Gasteiger partial charge in [0.05, 0.1) is 18.0 Å². The average molecular weight is 131 g/mol. The monoisotopic (exact) mass is 131 g/mol. The minimum Gasteiger partial charge on any atom is -0.306 e. The Hall–Kier alpha value is -1.31. The zero-order valence-electron chi connectivity index (χ0n) is 5.49. The van der Waals surface area contributed by atoms with Gasteiger partial charge in [-0.1, -0.05) is 6.07 Å². The third-order valence-corrected chi connectivity index (χ3v) is 1.54. The van der Waals surface area contributed by atoms with E-state index in [0.29, 0.717) is 0 Å². The van der Waals surface area contributed by atoms with E-state index in [0.717, 1.165) is 11.1 Å². The lowest BCUT2D eigenvalue weighted by atomic mass is 10.3. The van der Waals surface area contributed by atoms with Crippen molar-refractivity contribution in [2.75, 3.05) is 0 Å². The molecule has 0 amide bonds. The number of rotatable bonds is 0. The zero-order chi connectivity index (χ0) is 6.97. The Labute approximate surface area is 59.1 Å². The van der Waals surface area contributed by atoms with E-state index in [-0.39, 0.29) is 0 Å². The molecule has 0 N–H and O–H groups in total. The van der Waals surface area contributed by atoms with Crippen LogP contribution < -0.4 is 0 Å². The largest absolute Gasteiger partial charge is 0.306 e. The van der Waals surface area contributed by atoms with Crippen LogP contribution in [0.1, 0.15) is 5.56 Å². The first-order chi connectivity index (χ1) is 4.88. The molecule has 0 aliphatic heterocycles. The van der Waals surface area contributed by atoms with Gasteiger partial charge < -0.3 is 4.40 Å².